The van der Waals surface area contributed by atoms with E-state index < -0.39 is 11.0 Å². The van der Waals surface area contributed by atoms with E-state index in [0.717, 1.165) is 0 Å². The summed E-state index contributed by atoms with van der Waals surface area (Å²) in [6.45, 7) is 3.36. The van der Waals surface area contributed by atoms with Gasteiger partial charge in [-0.15, -0.1) is 0 Å². The number of benzene rings is 1. The molecule has 2 amide bonds. The van der Waals surface area contributed by atoms with E-state index in [9.17, 15) is 19.7 Å². The van der Waals surface area contributed by atoms with E-state index in [2.05, 4.69) is 10.6 Å². The Morgan fingerprint density at radius 2 is 1.90 bits per heavy atom. The van der Waals surface area contributed by atoms with Gasteiger partial charge < -0.3 is 10.6 Å². The molecule has 1 aromatic rings. The summed E-state index contributed by atoms with van der Waals surface area (Å²) in [7, 11) is 0. The molecule has 0 aliphatic carbocycles. The molecular formula is C13H13N3O4. The number of nitrogens with zero attached hydrogens (tertiary/aromatic N) is 1. The summed E-state index contributed by atoms with van der Waals surface area (Å²) in [6, 6.07) is 4.61. The van der Waals surface area contributed by atoms with Gasteiger partial charge in [0.15, 0.2) is 5.78 Å². The van der Waals surface area contributed by atoms with Crippen molar-refractivity contribution in [3.05, 3.63) is 51.2 Å². The molecule has 1 aliphatic rings. The summed E-state index contributed by atoms with van der Waals surface area (Å²) in [5.41, 5.74) is 1.20. The second-order valence-corrected chi connectivity index (χ2v) is 4.49. The summed E-state index contributed by atoms with van der Waals surface area (Å²) in [5, 5.41) is 15.7. The van der Waals surface area contributed by atoms with Gasteiger partial charge in [-0.2, -0.15) is 0 Å². The molecule has 0 aromatic heterocycles. The molecule has 1 heterocycles. The lowest BCUT2D eigenvalue weighted by atomic mass is 9.95. The number of nitro benzene ring substituents is 1. The fourth-order valence-corrected chi connectivity index (χ4v) is 2.12. The van der Waals surface area contributed by atoms with E-state index in [4.69, 9.17) is 0 Å². The summed E-state index contributed by atoms with van der Waals surface area (Å²) in [6.07, 6.45) is 0. The fraction of sp³-hybridized carbons (Fsp3) is 0.231. The zero-order chi connectivity index (χ0) is 14.9. The first-order chi connectivity index (χ1) is 9.40. The number of carbonyl (C=O) groups is 2. The molecular weight excluding hydrogens is 262 g/mol. The Hall–Kier alpha value is -2.70. The Morgan fingerprint density at radius 1 is 1.30 bits per heavy atom. The van der Waals surface area contributed by atoms with Crippen molar-refractivity contribution >= 4 is 17.5 Å². The number of allylic oxidation sites excluding steroid dienone is 1. The number of hydrogen-bond acceptors (Lipinski definition) is 4. The van der Waals surface area contributed by atoms with Crippen LogP contribution in [0.15, 0.2) is 35.5 Å². The van der Waals surface area contributed by atoms with E-state index in [1.165, 1.54) is 24.3 Å². The van der Waals surface area contributed by atoms with E-state index >= 15 is 0 Å². The Labute approximate surface area is 114 Å². The summed E-state index contributed by atoms with van der Waals surface area (Å²) >= 11 is 0. The lowest BCUT2D eigenvalue weighted by molar-refractivity contribution is -0.384. The number of nitrogens with one attached hydrogen (secondary N) is 2. The second-order valence-electron chi connectivity index (χ2n) is 4.49. The Bertz CT molecular complexity index is 619. The highest BCUT2D eigenvalue weighted by molar-refractivity contribution is 6.11. The molecule has 2 N–H and O–H groups in total. The Morgan fingerprint density at radius 3 is 2.40 bits per heavy atom. The minimum atomic E-state index is -0.524. The van der Waals surface area contributed by atoms with Crippen LogP contribution >= 0.6 is 0 Å². The molecule has 1 aliphatic heterocycles. The number of non-ortho nitro benzene ring substituents is 1. The van der Waals surface area contributed by atoms with Gasteiger partial charge in [-0.3, -0.25) is 14.9 Å². The topological polar surface area (TPSA) is 101 Å². The van der Waals surface area contributed by atoms with Crippen molar-refractivity contribution in [2.24, 2.45) is 0 Å². The van der Waals surface area contributed by atoms with Crippen LogP contribution in [0.25, 0.3) is 0 Å². The summed E-state index contributed by atoms with van der Waals surface area (Å²) in [5.74, 6) is -0.266. The van der Waals surface area contributed by atoms with Gasteiger partial charge in [0.1, 0.15) is 0 Å². The maximum absolute atomic E-state index is 12.4. The third-order valence-corrected chi connectivity index (χ3v) is 3.07. The summed E-state index contributed by atoms with van der Waals surface area (Å²) < 4.78 is 0. The average molecular weight is 275 g/mol. The van der Waals surface area contributed by atoms with Gasteiger partial charge in [0, 0.05) is 29.0 Å². The molecule has 1 atom stereocenters. The van der Waals surface area contributed by atoms with Crippen LogP contribution in [0.4, 0.5) is 10.5 Å². The van der Waals surface area contributed by atoms with E-state index in [0.29, 0.717) is 16.8 Å². The predicted octanol–water partition coefficient (Wildman–Crippen LogP) is 1.75. The first kappa shape index (κ1) is 13.7. The zero-order valence-electron chi connectivity index (χ0n) is 11.0. The minimum absolute atomic E-state index is 0.0737. The van der Waals surface area contributed by atoms with Crippen molar-refractivity contribution in [3.8, 4) is 0 Å². The highest BCUT2D eigenvalue weighted by Gasteiger charge is 2.27. The second kappa shape index (κ2) is 5.12. The van der Waals surface area contributed by atoms with Crippen LogP contribution < -0.4 is 10.6 Å². The average Bonchev–Trinajstić information content (AvgIpc) is 2.37. The van der Waals surface area contributed by atoms with E-state index in [1.54, 1.807) is 13.8 Å². The van der Waals surface area contributed by atoms with Gasteiger partial charge in [0.2, 0.25) is 0 Å². The number of amides is 2. The van der Waals surface area contributed by atoms with Crippen molar-refractivity contribution in [3.63, 3.8) is 0 Å². The van der Waals surface area contributed by atoms with Crippen molar-refractivity contribution < 1.29 is 14.5 Å². The molecule has 7 heteroatoms. The van der Waals surface area contributed by atoms with Crippen LogP contribution in [0.5, 0.6) is 0 Å². The smallest absolute Gasteiger partial charge is 0.319 e. The number of ketones is 1. The van der Waals surface area contributed by atoms with E-state index in [-0.39, 0.29) is 17.5 Å². The standard InChI is InChI=1S/C13H13N3O4/c1-7-11(8(2)15-13(18)14-7)12(17)9-3-5-10(6-4-9)16(19)20/h3-7H,1-2H3,(H2,14,15,18). The number of nitro groups is 1. The Kier molecular flexibility index (Phi) is 3.51. The third kappa shape index (κ3) is 2.51. The number of hydrogen-bond donors (Lipinski definition) is 2. The first-order valence-electron chi connectivity index (χ1n) is 5.97. The molecule has 0 spiro atoms. The Balaban J connectivity index is 2.33. The van der Waals surface area contributed by atoms with Gasteiger partial charge in [0.05, 0.1) is 11.0 Å². The number of carbonyl (C=O) groups excluding carboxylic acids is 2. The van der Waals surface area contributed by atoms with Crippen LogP contribution in [-0.2, 0) is 0 Å². The number of Topliss-reactive ketones (excluding diaryl/α,β-unsaturated/α-hetero) is 1. The molecule has 20 heavy (non-hydrogen) atoms. The minimum Gasteiger partial charge on any atom is -0.331 e. The maximum atomic E-state index is 12.4. The molecule has 0 saturated carbocycles. The molecule has 0 fully saturated rings. The molecule has 0 bridgehead atoms. The van der Waals surface area contributed by atoms with Crippen LogP contribution in [0.2, 0.25) is 0 Å². The van der Waals surface area contributed by atoms with Gasteiger partial charge in [-0.25, -0.2) is 4.79 Å². The quantitative estimate of drug-likeness (QED) is 0.498. The molecule has 0 radical (unpaired) electrons. The van der Waals surface area contributed by atoms with E-state index in [1.807, 2.05) is 0 Å². The normalized spacial score (nSPS) is 18.3. The van der Waals surface area contributed by atoms with Crippen LogP contribution in [0.1, 0.15) is 24.2 Å². The molecule has 104 valence electrons. The first-order valence-corrected chi connectivity index (χ1v) is 5.97. The van der Waals surface area contributed by atoms with Crippen molar-refractivity contribution in [1.82, 2.24) is 10.6 Å². The van der Waals surface area contributed by atoms with Gasteiger partial charge >= 0.3 is 6.03 Å². The monoisotopic (exact) mass is 275 g/mol. The van der Waals surface area contributed by atoms with Crippen molar-refractivity contribution in [2.75, 3.05) is 0 Å². The number of urea groups is 1. The largest absolute Gasteiger partial charge is 0.331 e. The SMILES string of the molecule is CC1=C(C(=O)c2ccc([N+](=O)[O-])cc2)C(C)NC(=O)N1. The fourth-order valence-electron chi connectivity index (χ4n) is 2.12. The molecule has 1 aromatic carbocycles. The van der Waals surface area contributed by atoms with Crippen molar-refractivity contribution in [2.45, 2.75) is 19.9 Å². The summed E-state index contributed by atoms with van der Waals surface area (Å²) in [4.78, 5) is 33.7. The van der Waals surface area contributed by atoms with Gasteiger partial charge in [0.25, 0.3) is 5.69 Å². The molecule has 2 rings (SSSR count). The lowest BCUT2D eigenvalue weighted by Gasteiger charge is -2.25. The lowest BCUT2D eigenvalue weighted by Crippen LogP contribution is -2.48. The molecule has 0 saturated heterocycles. The van der Waals surface area contributed by atoms with Crippen LogP contribution in [0.3, 0.4) is 0 Å². The van der Waals surface area contributed by atoms with Crippen LogP contribution in [0, 0.1) is 10.1 Å². The van der Waals surface area contributed by atoms with Gasteiger partial charge in [-0.1, -0.05) is 0 Å². The highest BCUT2D eigenvalue weighted by Crippen LogP contribution is 2.20. The predicted molar refractivity (Wildman–Crippen MR) is 71.3 cm³/mol. The van der Waals surface area contributed by atoms with Crippen LogP contribution in [-0.4, -0.2) is 22.8 Å². The van der Waals surface area contributed by atoms with Gasteiger partial charge in [-0.05, 0) is 26.0 Å². The third-order valence-electron chi connectivity index (χ3n) is 3.07. The molecule has 7 nitrogen and oxygen atoms in total. The highest BCUT2D eigenvalue weighted by atomic mass is 16.6. The maximum Gasteiger partial charge on any atom is 0.319 e. The molecule has 1 unspecified atom stereocenters. The van der Waals surface area contributed by atoms with Crippen molar-refractivity contribution in [1.29, 1.82) is 0 Å². The zero-order valence-corrected chi connectivity index (χ0v) is 11.0. The number of rotatable bonds is 3.